The Hall–Kier alpha value is -0.910. The predicted molar refractivity (Wildman–Crippen MR) is 69.7 cm³/mol. The van der Waals surface area contributed by atoms with Crippen LogP contribution in [0.2, 0.25) is 0 Å². The van der Waals surface area contributed by atoms with E-state index in [0.717, 1.165) is 3.57 Å². The normalized spacial score (nSPS) is 9.94. The number of rotatable bonds is 4. The Morgan fingerprint density at radius 2 is 1.94 bits per heavy atom. The van der Waals surface area contributed by atoms with Gasteiger partial charge >= 0.3 is 5.97 Å². The van der Waals surface area contributed by atoms with Gasteiger partial charge in [-0.15, -0.1) is 0 Å². The highest BCUT2D eigenvalue weighted by Crippen LogP contribution is 2.17. The molecule has 0 aliphatic heterocycles. The van der Waals surface area contributed by atoms with Crippen molar-refractivity contribution in [1.29, 1.82) is 0 Å². The maximum absolute atomic E-state index is 11.7. The zero-order valence-electron chi connectivity index (χ0n) is 9.25. The average molecular weight is 332 g/mol. The standard InChI is InChI=1S/C12H13IO3/c1-3-11(14)10-7-8(13)5-6-9(10)12(15)16-4-2/h5-7H,3-4H2,1-2H3. The number of carbonyl (C=O) groups is 2. The van der Waals surface area contributed by atoms with Crippen LogP contribution in [-0.2, 0) is 4.74 Å². The summed E-state index contributed by atoms with van der Waals surface area (Å²) in [4.78, 5) is 23.3. The van der Waals surface area contributed by atoms with Crippen molar-refractivity contribution in [3.8, 4) is 0 Å². The van der Waals surface area contributed by atoms with E-state index in [1.807, 2.05) is 0 Å². The van der Waals surface area contributed by atoms with Crippen LogP contribution in [0.1, 0.15) is 41.0 Å². The summed E-state index contributed by atoms with van der Waals surface area (Å²) in [5.74, 6) is -0.475. The van der Waals surface area contributed by atoms with E-state index in [-0.39, 0.29) is 5.78 Å². The summed E-state index contributed by atoms with van der Waals surface area (Å²) >= 11 is 2.11. The van der Waals surface area contributed by atoms with E-state index in [1.165, 1.54) is 0 Å². The molecule has 0 aliphatic carbocycles. The van der Waals surface area contributed by atoms with Crippen molar-refractivity contribution in [3.63, 3.8) is 0 Å². The van der Waals surface area contributed by atoms with Gasteiger partial charge in [-0.25, -0.2) is 4.79 Å². The highest BCUT2D eigenvalue weighted by Gasteiger charge is 2.16. The van der Waals surface area contributed by atoms with Gasteiger partial charge in [-0.3, -0.25) is 4.79 Å². The Morgan fingerprint density at radius 1 is 1.25 bits per heavy atom. The molecule has 1 aromatic carbocycles. The first-order valence-corrected chi connectivity index (χ1v) is 6.17. The molecule has 0 N–H and O–H groups in total. The monoisotopic (exact) mass is 332 g/mol. The van der Waals surface area contributed by atoms with E-state index in [2.05, 4.69) is 22.6 Å². The summed E-state index contributed by atoms with van der Waals surface area (Å²) in [7, 11) is 0. The molecule has 1 rings (SSSR count). The zero-order chi connectivity index (χ0) is 12.1. The van der Waals surface area contributed by atoms with Gasteiger partial charge in [0.05, 0.1) is 12.2 Å². The van der Waals surface area contributed by atoms with Crippen molar-refractivity contribution in [3.05, 3.63) is 32.9 Å². The fourth-order valence-electron chi connectivity index (χ4n) is 1.32. The van der Waals surface area contributed by atoms with Crippen molar-refractivity contribution in [2.24, 2.45) is 0 Å². The Labute approximate surface area is 108 Å². The minimum Gasteiger partial charge on any atom is -0.462 e. The molecule has 0 amide bonds. The SMILES string of the molecule is CCOC(=O)c1ccc(I)cc1C(=O)CC. The van der Waals surface area contributed by atoms with E-state index in [0.29, 0.717) is 24.2 Å². The number of esters is 1. The average Bonchev–Trinajstić information content (AvgIpc) is 2.28. The van der Waals surface area contributed by atoms with Crippen LogP contribution < -0.4 is 0 Å². The molecule has 0 saturated carbocycles. The molecule has 0 spiro atoms. The van der Waals surface area contributed by atoms with Gasteiger partial charge in [0.2, 0.25) is 0 Å². The van der Waals surface area contributed by atoms with Crippen LogP contribution in [0, 0.1) is 3.57 Å². The molecule has 0 aromatic heterocycles. The summed E-state index contributed by atoms with van der Waals surface area (Å²) in [6.07, 6.45) is 0.381. The van der Waals surface area contributed by atoms with Crippen LogP contribution >= 0.6 is 22.6 Å². The minimum atomic E-state index is -0.435. The summed E-state index contributed by atoms with van der Waals surface area (Å²) in [5.41, 5.74) is 0.807. The Bertz CT molecular complexity index is 413. The molecule has 0 radical (unpaired) electrons. The molecular formula is C12H13IO3. The molecule has 0 unspecified atom stereocenters. The topological polar surface area (TPSA) is 43.4 Å². The van der Waals surface area contributed by atoms with Gasteiger partial charge in [0.1, 0.15) is 0 Å². The van der Waals surface area contributed by atoms with Crippen LogP contribution in [-0.4, -0.2) is 18.4 Å². The fourth-order valence-corrected chi connectivity index (χ4v) is 1.82. The molecule has 4 heteroatoms. The molecule has 0 aliphatic rings. The summed E-state index contributed by atoms with van der Waals surface area (Å²) in [5, 5.41) is 0. The third kappa shape index (κ3) is 3.04. The molecule has 0 fully saturated rings. The zero-order valence-corrected chi connectivity index (χ0v) is 11.4. The van der Waals surface area contributed by atoms with Crippen LogP contribution in [0.3, 0.4) is 0 Å². The molecular weight excluding hydrogens is 319 g/mol. The second-order valence-electron chi connectivity index (χ2n) is 3.19. The number of hydrogen-bond donors (Lipinski definition) is 0. The van der Waals surface area contributed by atoms with Gasteiger partial charge in [0, 0.05) is 15.6 Å². The molecule has 86 valence electrons. The first kappa shape index (κ1) is 13.2. The number of halogens is 1. The lowest BCUT2D eigenvalue weighted by Crippen LogP contribution is -2.11. The first-order valence-electron chi connectivity index (χ1n) is 5.10. The second-order valence-corrected chi connectivity index (χ2v) is 4.43. The number of hydrogen-bond acceptors (Lipinski definition) is 3. The second kappa shape index (κ2) is 5.98. The Morgan fingerprint density at radius 3 is 2.50 bits per heavy atom. The van der Waals surface area contributed by atoms with Crippen LogP contribution in [0.25, 0.3) is 0 Å². The molecule has 1 aromatic rings. The number of ketones is 1. The predicted octanol–water partition coefficient (Wildman–Crippen LogP) is 3.06. The molecule has 3 nitrogen and oxygen atoms in total. The third-order valence-electron chi connectivity index (χ3n) is 2.10. The van der Waals surface area contributed by atoms with Gasteiger partial charge in [-0.1, -0.05) is 6.92 Å². The quantitative estimate of drug-likeness (QED) is 0.484. The van der Waals surface area contributed by atoms with Crippen molar-refractivity contribution >= 4 is 34.3 Å². The van der Waals surface area contributed by atoms with E-state index >= 15 is 0 Å². The number of benzene rings is 1. The van der Waals surface area contributed by atoms with Crippen LogP contribution in [0.15, 0.2) is 18.2 Å². The highest BCUT2D eigenvalue weighted by atomic mass is 127. The van der Waals surface area contributed by atoms with Gasteiger partial charge < -0.3 is 4.74 Å². The van der Waals surface area contributed by atoms with E-state index < -0.39 is 5.97 Å². The maximum atomic E-state index is 11.7. The Balaban J connectivity index is 3.17. The number of ether oxygens (including phenoxy) is 1. The van der Waals surface area contributed by atoms with E-state index in [4.69, 9.17) is 4.74 Å². The van der Waals surface area contributed by atoms with Crippen LogP contribution in [0.4, 0.5) is 0 Å². The van der Waals surface area contributed by atoms with E-state index in [9.17, 15) is 9.59 Å². The molecule has 0 heterocycles. The molecule has 16 heavy (non-hydrogen) atoms. The van der Waals surface area contributed by atoms with Crippen molar-refractivity contribution in [2.75, 3.05) is 6.61 Å². The lowest BCUT2D eigenvalue weighted by molar-refractivity contribution is 0.0523. The van der Waals surface area contributed by atoms with Crippen molar-refractivity contribution in [2.45, 2.75) is 20.3 Å². The maximum Gasteiger partial charge on any atom is 0.338 e. The molecule has 0 atom stereocenters. The highest BCUT2D eigenvalue weighted by molar-refractivity contribution is 14.1. The third-order valence-corrected chi connectivity index (χ3v) is 2.77. The molecule has 0 saturated heterocycles. The van der Waals surface area contributed by atoms with Crippen molar-refractivity contribution in [1.82, 2.24) is 0 Å². The summed E-state index contributed by atoms with van der Waals surface area (Å²) in [6.45, 7) is 3.83. The fraction of sp³-hybridized carbons (Fsp3) is 0.333. The molecule has 0 bridgehead atoms. The number of Topliss-reactive ketones (excluding diaryl/α,β-unsaturated/α-hetero) is 1. The van der Waals surface area contributed by atoms with Gasteiger partial charge in [0.15, 0.2) is 5.78 Å². The first-order chi connectivity index (χ1) is 7.60. The number of carbonyl (C=O) groups excluding carboxylic acids is 2. The lowest BCUT2D eigenvalue weighted by atomic mass is 10.0. The Kier molecular flexibility index (Phi) is 4.92. The van der Waals surface area contributed by atoms with Crippen LogP contribution in [0.5, 0.6) is 0 Å². The van der Waals surface area contributed by atoms with Gasteiger partial charge in [-0.05, 0) is 47.7 Å². The lowest BCUT2D eigenvalue weighted by Gasteiger charge is -2.07. The summed E-state index contributed by atoms with van der Waals surface area (Å²) < 4.78 is 5.84. The minimum absolute atomic E-state index is 0.0402. The summed E-state index contributed by atoms with van der Waals surface area (Å²) in [6, 6.07) is 5.15. The smallest absolute Gasteiger partial charge is 0.338 e. The van der Waals surface area contributed by atoms with Crippen molar-refractivity contribution < 1.29 is 14.3 Å². The largest absolute Gasteiger partial charge is 0.462 e. The van der Waals surface area contributed by atoms with Gasteiger partial charge in [-0.2, -0.15) is 0 Å². The van der Waals surface area contributed by atoms with E-state index in [1.54, 1.807) is 32.0 Å². The van der Waals surface area contributed by atoms with Gasteiger partial charge in [0.25, 0.3) is 0 Å².